The fourth-order valence-corrected chi connectivity index (χ4v) is 2.85. The third-order valence-corrected chi connectivity index (χ3v) is 3.87. The van der Waals surface area contributed by atoms with Crippen molar-refractivity contribution >= 4 is 23.2 Å². The average Bonchev–Trinajstić information content (AvgIpc) is 2.80. The molecule has 3 N–H and O–H groups in total. The molecule has 0 aliphatic heterocycles. The van der Waals surface area contributed by atoms with Gasteiger partial charge in [0.2, 0.25) is 0 Å². The third kappa shape index (κ3) is 3.16. The minimum atomic E-state index is -0.0939. The zero-order valence-electron chi connectivity index (χ0n) is 10.6. The van der Waals surface area contributed by atoms with Gasteiger partial charge in [-0.3, -0.25) is 4.79 Å². The Kier molecular flexibility index (Phi) is 4.12. The van der Waals surface area contributed by atoms with Gasteiger partial charge in [0.1, 0.15) is 0 Å². The first-order chi connectivity index (χ1) is 8.56. The van der Waals surface area contributed by atoms with Crippen molar-refractivity contribution in [2.75, 3.05) is 5.73 Å². The van der Waals surface area contributed by atoms with Gasteiger partial charge in [-0.25, -0.2) is 0 Å². The highest BCUT2D eigenvalue weighted by Gasteiger charge is 2.23. The summed E-state index contributed by atoms with van der Waals surface area (Å²) in [6.45, 7) is 2.07. The van der Waals surface area contributed by atoms with Crippen LogP contribution in [0.15, 0.2) is 18.2 Å². The molecule has 0 saturated heterocycles. The van der Waals surface area contributed by atoms with E-state index in [-0.39, 0.29) is 11.9 Å². The SMILES string of the molecule is C[C@H](NC(=O)c1cc(N)cc(Cl)c1)C1CCCC1. The van der Waals surface area contributed by atoms with Crippen molar-refractivity contribution in [1.82, 2.24) is 5.32 Å². The molecule has 0 spiro atoms. The van der Waals surface area contributed by atoms with E-state index in [0.29, 0.717) is 22.2 Å². The van der Waals surface area contributed by atoms with E-state index in [2.05, 4.69) is 12.2 Å². The van der Waals surface area contributed by atoms with Gasteiger partial charge in [0, 0.05) is 22.3 Å². The lowest BCUT2D eigenvalue weighted by Crippen LogP contribution is -2.37. The van der Waals surface area contributed by atoms with Gasteiger partial charge in [0.25, 0.3) is 5.91 Å². The summed E-state index contributed by atoms with van der Waals surface area (Å²) in [5.41, 5.74) is 6.73. The number of carbonyl (C=O) groups excluding carboxylic acids is 1. The van der Waals surface area contributed by atoms with Crippen LogP contribution in [-0.2, 0) is 0 Å². The van der Waals surface area contributed by atoms with Crippen molar-refractivity contribution in [3.05, 3.63) is 28.8 Å². The van der Waals surface area contributed by atoms with Crippen LogP contribution in [0.4, 0.5) is 5.69 Å². The summed E-state index contributed by atoms with van der Waals surface area (Å²) in [5.74, 6) is 0.508. The molecule has 1 fully saturated rings. The highest BCUT2D eigenvalue weighted by Crippen LogP contribution is 2.27. The second kappa shape index (κ2) is 5.61. The number of amides is 1. The summed E-state index contributed by atoms with van der Waals surface area (Å²) in [6, 6.07) is 5.15. The number of halogens is 1. The number of hydrogen-bond donors (Lipinski definition) is 2. The summed E-state index contributed by atoms with van der Waals surface area (Å²) in [7, 11) is 0. The molecule has 1 aliphatic rings. The molecule has 1 saturated carbocycles. The first kappa shape index (κ1) is 13.2. The smallest absolute Gasteiger partial charge is 0.251 e. The first-order valence-corrected chi connectivity index (χ1v) is 6.81. The largest absolute Gasteiger partial charge is 0.399 e. The summed E-state index contributed by atoms with van der Waals surface area (Å²) in [5, 5.41) is 3.53. The third-order valence-electron chi connectivity index (χ3n) is 3.65. The van der Waals surface area contributed by atoms with Crippen molar-refractivity contribution in [2.24, 2.45) is 5.92 Å². The topological polar surface area (TPSA) is 55.1 Å². The van der Waals surface area contributed by atoms with Crippen molar-refractivity contribution in [2.45, 2.75) is 38.6 Å². The summed E-state index contributed by atoms with van der Waals surface area (Å²) in [6.07, 6.45) is 4.96. The molecule has 98 valence electrons. The quantitative estimate of drug-likeness (QED) is 0.826. The maximum atomic E-state index is 12.1. The fourth-order valence-electron chi connectivity index (χ4n) is 2.61. The molecular weight excluding hydrogens is 248 g/mol. The van der Waals surface area contributed by atoms with E-state index in [1.165, 1.54) is 25.7 Å². The van der Waals surface area contributed by atoms with Crippen molar-refractivity contribution < 1.29 is 4.79 Å². The molecule has 2 rings (SSSR count). The summed E-state index contributed by atoms with van der Waals surface area (Å²) >= 11 is 5.90. The molecule has 1 atom stereocenters. The minimum absolute atomic E-state index is 0.0939. The zero-order chi connectivity index (χ0) is 13.1. The lowest BCUT2D eigenvalue weighted by Gasteiger charge is -2.20. The van der Waals surface area contributed by atoms with Gasteiger partial charge in [-0.2, -0.15) is 0 Å². The number of nitrogen functional groups attached to an aromatic ring is 1. The van der Waals surface area contributed by atoms with Crippen LogP contribution in [0, 0.1) is 5.92 Å². The van der Waals surface area contributed by atoms with E-state index in [0.717, 1.165) is 0 Å². The molecular formula is C14H19ClN2O. The Morgan fingerprint density at radius 2 is 2.06 bits per heavy atom. The number of nitrogens with two attached hydrogens (primary N) is 1. The van der Waals surface area contributed by atoms with Gasteiger partial charge in [0.15, 0.2) is 0 Å². The van der Waals surface area contributed by atoms with Gasteiger partial charge in [-0.05, 0) is 43.9 Å². The molecule has 4 heteroatoms. The zero-order valence-corrected chi connectivity index (χ0v) is 11.3. The standard InChI is InChI=1S/C14H19ClN2O/c1-9(10-4-2-3-5-10)17-14(18)11-6-12(15)8-13(16)7-11/h6-10H,2-5,16H2,1H3,(H,17,18)/t9-/m0/s1. The van der Waals surface area contributed by atoms with Crippen LogP contribution in [0.1, 0.15) is 43.0 Å². The molecule has 0 aromatic heterocycles. The predicted molar refractivity (Wildman–Crippen MR) is 74.8 cm³/mol. The Bertz CT molecular complexity index is 421. The molecule has 1 aromatic rings. The Labute approximate surface area is 113 Å². The Morgan fingerprint density at radius 1 is 1.39 bits per heavy atom. The highest BCUT2D eigenvalue weighted by molar-refractivity contribution is 6.31. The van der Waals surface area contributed by atoms with Gasteiger partial charge >= 0.3 is 0 Å². The maximum Gasteiger partial charge on any atom is 0.251 e. The van der Waals surface area contributed by atoms with Crippen LogP contribution >= 0.6 is 11.6 Å². The van der Waals surface area contributed by atoms with Crippen LogP contribution in [-0.4, -0.2) is 11.9 Å². The number of carbonyl (C=O) groups is 1. The summed E-state index contributed by atoms with van der Waals surface area (Å²) < 4.78 is 0. The van der Waals surface area contributed by atoms with Crippen molar-refractivity contribution in [3.63, 3.8) is 0 Å². The molecule has 0 radical (unpaired) electrons. The van der Waals surface area contributed by atoms with Gasteiger partial charge in [0.05, 0.1) is 0 Å². The highest BCUT2D eigenvalue weighted by atomic mass is 35.5. The van der Waals surface area contributed by atoms with Crippen LogP contribution in [0.25, 0.3) is 0 Å². The Morgan fingerprint density at radius 3 is 2.67 bits per heavy atom. The lowest BCUT2D eigenvalue weighted by atomic mass is 9.99. The van der Waals surface area contributed by atoms with Crippen LogP contribution in [0.3, 0.4) is 0 Å². The number of rotatable bonds is 3. The Balaban J connectivity index is 2.02. The minimum Gasteiger partial charge on any atom is -0.399 e. The predicted octanol–water partition coefficient (Wildman–Crippen LogP) is 3.23. The molecule has 18 heavy (non-hydrogen) atoms. The van der Waals surface area contributed by atoms with E-state index < -0.39 is 0 Å². The molecule has 1 aliphatic carbocycles. The Hall–Kier alpha value is -1.22. The van der Waals surface area contributed by atoms with Gasteiger partial charge in [-0.1, -0.05) is 24.4 Å². The molecule has 1 aromatic carbocycles. The second-order valence-corrected chi connectivity index (χ2v) is 5.52. The lowest BCUT2D eigenvalue weighted by molar-refractivity contribution is 0.0927. The van der Waals surface area contributed by atoms with E-state index in [1.54, 1.807) is 18.2 Å². The number of benzene rings is 1. The monoisotopic (exact) mass is 266 g/mol. The normalized spacial score (nSPS) is 17.7. The van der Waals surface area contributed by atoms with E-state index in [9.17, 15) is 4.79 Å². The van der Waals surface area contributed by atoms with Crippen LogP contribution < -0.4 is 11.1 Å². The molecule has 0 bridgehead atoms. The van der Waals surface area contributed by atoms with Crippen molar-refractivity contribution in [1.29, 1.82) is 0 Å². The van der Waals surface area contributed by atoms with Crippen molar-refractivity contribution in [3.8, 4) is 0 Å². The molecule has 3 nitrogen and oxygen atoms in total. The van der Waals surface area contributed by atoms with Gasteiger partial charge < -0.3 is 11.1 Å². The molecule has 1 amide bonds. The first-order valence-electron chi connectivity index (χ1n) is 6.43. The number of anilines is 1. The maximum absolute atomic E-state index is 12.1. The second-order valence-electron chi connectivity index (χ2n) is 5.08. The van der Waals surface area contributed by atoms with E-state index in [1.807, 2.05) is 0 Å². The molecule has 0 heterocycles. The summed E-state index contributed by atoms with van der Waals surface area (Å²) in [4.78, 5) is 12.1. The number of hydrogen-bond acceptors (Lipinski definition) is 2. The number of nitrogens with one attached hydrogen (secondary N) is 1. The fraction of sp³-hybridized carbons (Fsp3) is 0.500. The molecule has 0 unspecified atom stereocenters. The van der Waals surface area contributed by atoms with Crippen LogP contribution in [0.5, 0.6) is 0 Å². The van der Waals surface area contributed by atoms with Crippen LogP contribution in [0.2, 0.25) is 5.02 Å². The van der Waals surface area contributed by atoms with Gasteiger partial charge in [-0.15, -0.1) is 0 Å². The average molecular weight is 267 g/mol. The van der Waals surface area contributed by atoms with E-state index in [4.69, 9.17) is 17.3 Å². The van der Waals surface area contributed by atoms with E-state index >= 15 is 0 Å².